The first-order chi connectivity index (χ1) is 9.16. The lowest BCUT2D eigenvalue weighted by Gasteiger charge is -2.13. The molecule has 0 N–H and O–H groups in total. The molecule has 0 nitrogen and oxygen atoms in total. The van der Waals surface area contributed by atoms with Crippen LogP contribution in [0.4, 0.5) is 0 Å². The zero-order chi connectivity index (χ0) is 14.3. The molecule has 0 aromatic heterocycles. The standard InChI is InChI=1S/C17H24.C2H6/c1-13(2)17-11-8-14(3)12-16(17)10-9-15-6-4-5-7-15;1-2/h8,11-12,15H,1,4-7,9-10H2,2-3H3;1-2H3. The Kier molecular flexibility index (Phi) is 6.91. The SMILES string of the molecule is C=C(C)c1ccc(C)cc1CCC1CCCC1.CC. The zero-order valence-corrected chi connectivity index (χ0v) is 13.3. The summed E-state index contributed by atoms with van der Waals surface area (Å²) in [6.45, 7) is 12.4. The molecule has 106 valence electrons. The molecular weight excluding hydrogens is 228 g/mol. The maximum absolute atomic E-state index is 4.10. The zero-order valence-electron chi connectivity index (χ0n) is 13.3. The number of hydrogen-bond acceptors (Lipinski definition) is 0. The summed E-state index contributed by atoms with van der Waals surface area (Å²) < 4.78 is 0. The maximum Gasteiger partial charge on any atom is -0.0201 e. The molecular formula is C19H30. The largest absolute Gasteiger partial charge is 0.0955 e. The molecule has 2 rings (SSSR count). The average molecular weight is 258 g/mol. The summed E-state index contributed by atoms with van der Waals surface area (Å²) in [5, 5.41) is 0. The average Bonchev–Trinajstić information content (AvgIpc) is 2.91. The van der Waals surface area contributed by atoms with Gasteiger partial charge in [-0.1, -0.05) is 75.4 Å². The van der Waals surface area contributed by atoms with Gasteiger partial charge in [0.2, 0.25) is 0 Å². The highest BCUT2D eigenvalue weighted by Gasteiger charge is 2.15. The molecule has 1 aromatic rings. The Bertz CT molecular complexity index is 394. The Morgan fingerprint density at radius 2 is 1.84 bits per heavy atom. The van der Waals surface area contributed by atoms with Crippen molar-refractivity contribution in [2.24, 2.45) is 5.92 Å². The third-order valence-corrected chi connectivity index (χ3v) is 4.02. The maximum atomic E-state index is 4.10. The molecule has 0 amide bonds. The lowest BCUT2D eigenvalue weighted by atomic mass is 9.92. The number of aryl methyl sites for hydroxylation is 2. The van der Waals surface area contributed by atoms with Crippen LogP contribution in [0.2, 0.25) is 0 Å². The predicted octanol–water partition coefficient (Wildman–Crippen LogP) is 6.18. The summed E-state index contributed by atoms with van der Waals surface area (Å²) in [5.74, 6) is 0.980. The highest BCUT2D eigenvalue weighted by atomic mass is 14.2. The van der Waals surface area contributed by atoms with Gasteiger partial charge in [-0.05, 0) is 43.7 Å². The van der Waals surface area contributed by atoms with E-state index in [1.807, 2.05) is 13.8 Å². The van der Waals surface area contributed by atoms with Crippen LogP contribution in [-0.2, 0) is 6.42 Å². The molecule has 0 bridgehead atoms. The van der Waals surface area contributed by atoms with Crippen LogP contribution in [0.3, 0.4) is 0 Å². The van der Waals surface area contributed by atoms with Gasteiger partial charge in [0, 0.05) is 0 Å². The van der Waals surface area contributed by atoms with Crippen molar-refractivity contribution in [3.8, 4) is 0 Å². The van der Waals surface area contributed by atoms with Crippen molar-refractivity contribution in [1.29, 1.82) is 0 Å². The van der Waals surface area contributed by atoms with Gasteiger partial charge in [0.1, 0.15) is 0 Å². The molecule has 1 aliphatic carbocycles. The van der Waals surface area contributed by atoms with E-state index in [-0.39, 0.29) is 0 Å². The van der Waals surface area contributed by atoms with Crippen LogP contribution in [-0.4, -0.2) is 0 Å². The van der Waals surface area contributed by atoms with Gasteiger partial charge in [0.25, 0.3) is 0 Å². The molecule has 1 aliphatic rings. The first-order valence-corrected chi connectivity index (χ1v) is 7.92. The molecule has 0 atom stereocenters. The number of allylic oxidation sites excluding steroid dienone is 1. The molecule has 0 radical (unpaired) electrons. The smallest absolute Gasteiger partial charge is 0.0201 e. The van der Waals surface area contributed by atoms with Crippen molar-refractivity contribution in [2.45, 2.75) is 66.2 Å². The molecule has 0 heterocycles. The Morgan fingerprint density at radius 3 is 2.42 bits per heavy atom. The van der Waals surface area contributed by atoms with Crippen LogP contribution in [0.25, 0.3) is 5.57 Å². The quantitative estimate of drug-likeness (QED) is 0.605. The van der Waals surface area contributed by atoms with Gasteiger partial charge >= 0.3 is 0 Å². The molecule has 0 unspecified atom stereocenters. The van der Waals surface area contributed by atoms with Crippen molar-refractivity contribution >= 4 is 5.57 Å². The molecule has 19 heavy (non-hydrogen) atoms. The summed E-state index contributed by atoms with van der Waals surface area (Å²) in [4.78, 5) is 0. The van der Waals surface area contributed by atoms with Crippen molar-refractivity contribution in [3.05, 3.63) is 41.5 Å². The van der Waals surface area contributed by atoms with Crippen molar-refractivity contribution in [3.63, 3.8) is 0 Å². The van der Waals surface area contributed by atoms with E-state index in [4.69, 9.17) is 0 Å². The van der Waals surface area contributed by atoms with Crippen LogP contribution in [0.1, 0.15) is 69.6 Å². The Morgan fingerprint density at radius 1 is 1.21 bits per heavy atom. The highest BCUT2D eigenvalue weighted by Crippen LogP contribution is 2.30. The fraction of sp³-hybridized carbons (Fsp3) is 0.579. The lowest BCUT2D eigenvalue weighted by Crippen LogP contribution is -1.99. The number of benzene rings is 1. The van der Waals surface area contributed by atoms with Gasteiger partial charge in [-0.2, -0.15) is 0 Å². The molecule has 1 fully saturated rings. The lowest BCUT2D eigenvalue weighted by molar-refractivity contribution is 0.503. The minimum atomic E-state index is 0.980. The van der Waals surface area contributed by atoms with E-state index in [9.17, 15) is 0 Å². The molecule has 1 saturated carbocycles. The second kappa shape index (κ2) is 8.19. The summed E-state index contributed by atoms with van der Waals surface area (Å²) in [7, 11) is 0. The van der Waals surface area contributed by atoms with Crippen LogP contribution >= 0.6 is 0 Å². The third kappa shape index (κ3) is 4.86. The molecule has 0 saturated heterocycles. The fourth-order valence-electron chi connectivity index (χ4n) is 3.00. The van der Waals surface area contributed by atoms with E-state index in [1.54, 1.807) is 0 Å². The summed E-state index contributed by atoms with van der Waals surface area (Å²) in [6, 6.07) is 6.78. The monoisotopic (exact) mass is 258 g/mol. The van der Waals surface area contributed by atoms with E-state index in [0.29, 0.717) is 0 Å². The van der Waals surface area contributed by atoms with Gasteiger partial charge < -0.3 is 0 Å². The van der Waals surface area contributed by atoms with E-state index in [1.165, 1.54) is 60.8 Å². The Balaban J connectivity index is 0.000000861. The van der Waals surface area contributed by atoms with Gasteiger partial charge in [-0.25, -0.2) is 0 Å². The van der Waals surface area contributed by atoms with Crippen molar-refractivity contribution in [2.75, 3.05) is 0 Å². The van der Waals surface area contributed by atoms with Crippen molar-refractivity contribution in [1.82, 2.24) is 0 Å². The van der Waals surface area contributed by atoms with Crippen molar-refractivity contribution < 1.29 is 0 Å². The number of rotatable bonds is 4. The van der Waals surface area contributed by atoms with Crippen LogP contribution in [0, 0.1) is 12.8 Å². The fourth-order valence-corrected chi connectivity index (χ4v) is 3.00. The summed E-state index contributed by atoms with van der Waals surface area (Å²) in [6.07, 6.45) is 8.40. The van der Waals surface area contributed by atoms with Gasteiger partial charge in [0.15, 0.2) is 0 Å². The first kappa shape index (κ1) is 16.0. The highest BCUT2D eigenvalue weighted by molar-refractivity contribution is 5.65. The van der Waals surface area contributed by atoms with Gasteiger partial charge in [0.05, 0.1) is 0 Å². The minimum absolute atomic E-state index is 0.980. The molecule has 1 aromatic carbocycles. The van der Waals surface area contributed by atoms with Crippen LogP contribution in [0.15, 0.2) is 24.8 Å². The topological polar surface area (TPSA) is 0 Å². The normalized spacial score (nSPS) is 14.9. The van der Waals surface area contributed by atoms with E-state index in [2.05, 4.69) is 38.6 Å². The Labute approximate surface area is 119 Å². The van der Waals surface area contributed by atoms with E-state index >= 15 is 0 Å². The first-order valence-electron chi connectivity index (χ1n) is 7.92. The summed E-state index contributed by atoms with van der Waals surface area (Å²) in [5.41, 5.74) is 5.45. The second-order valence-corrected chi connectivity index (χ2v) is 5.63. The predicted molar refractivity (Wildman–Crippen MR) is 87.5 cm³/mol. The van der Waals surface area contributed by atoms with Gasteiger partial charge in [-0.3, -0.25) is 0 Å². The molecule has 0 aliphatic heterocycles. The minimum Gasteiger partial charge on any atom is -0.0955 e. The van der Waals surface area contributed by atoms with Crippen LogP contribution in [0.5, 0.6) is 0 Å². The third-order valence-electron chi connectivity index (χ3n) is 4.02. The summed E-state index contributed by atoms with van der Waals surface area (Å²) >= 11 is 0. The van der Waals surface area contributed by atoms with Crippen LogP contribution < -0.4 is 0 Å². The number of hydrogen-bond donors (Lipinski definition) is 0. The van der Waals surface area contributed by atoms with E-state index < -0.39 is 0 Å². The van der Waals surface area contributed by atoms with E-state index in [0.717, 1.165) is 5.92 Å². The molecule has 0 heteroatoms. The Hall–Kier alpha value is -1.04. The van der Waals surface area contributed by atoms with Gasteiger partial charge in [-0.15, -0.1) is 0 Å². The second-order valence-electron chi connectivity index (χ2n) is 5.63. The molecule has 0 spiro atoms.